The normalized spacial score (nSPS) is 11.8. The fourth-order valence-electron chi connectivity index (χ4n) is 4.74. The molecule has 0 fully saturated rings. The summed E-state index contributed by atoms with van der Waals surface area (Å²) in [5.41, 5.74) is 4.64. The van der Waals surface area contributed by atoms with E-state index in [4.69, 9.17) is 19.6 Å². The van der Waals surface area contributed by atoms with Gasteiger partial charge < -0.3 is 19.7 Å². The fourth-order valence-corrected chi connectivity index (χ4v) is 5.60. The van der Waals surface area contributed by atoms with Crippen molar-refractivity contribution in [1.82, 2.24) is 29.3 Å². The number of sulfone groups is 1. The third-order valence-corrected chi connectivity index (χ3v) is 7.86. The van der Waals surface area contributed by atoms with Crippen LogP contribution in [0.3, 0.4) is 0 Å². The van der Waals surface area contributed by atoms with Crippen LogP contribution in [0.1, 0.15) is 17.7 Å². The first-order valence-corrected chi connectivity index (χ1v) is 15.4. The average molecular weight is 590 g/mol. The van der Waals surface area contributed by atoms with Gasteiger partial charge in [0.05, 0.1) is 25.1 Å². The summed E-state index contributed by atoms with van der Waals surface area (Å²) in [5, 5.41) is 12.6. The van der Waals surface area contributed by atoms with Gasteiger partial charge in [0.25, 0.3) is 0 Å². The summed E-state index contributed by atoms with van der Waals surface area (Å²) in [6.45, 7) is 3.78. The van der Waals surface area contributed by atoms with E-state index in [1.54, 1.807) is 22.8 Å². The van der Waals surface area contributed by atoms with Gasteiger partial charge in [0.15, 0.2) is 15.5 Å². The van der Waals surface area contributed by atoms with E-state index >= 15 is 0 Å². The van der Waals surface area contributed by atoms with Gasteiger partial charge in [-0.3, -0.25) is 0 Å². The fraction of sp³-hybridized carbons (Fsp3) is 0.300. The monoisotopic (exact) mass is 589 g/mol. The zero-order valence-electron chi connectivity index (χ0n) is 24.4. The maximum atomic E-state index is 12.5. The molecule has 0 aliphatic rings. The van der Waals surface area contributed by atoms with E-state index in [0.717, 1.165) is 24.2 Å². The van der Waals surface area contributed by atoms with Crippen molar-refractivity contribution in [2.75, 3.05) is 45.9 Å². The van der Waals surface area contributed by atoms with Gasteiger partial charge in [-0.1, -0.05) is 18.2 Å². The third-order valence-electron chi connectivity index (χ3n) is 6.75. The summed E-state index contributed by atoms with van der Waals surface area (Å²) in [5.74, 6) is 1.43. The Balaban J connectivity index is 1.54. The number of hydrogen-bond donors (Lipinski definition) is 1. The van der Waals surface area contributed by atoms with Gasteiger partial charge in [0, 0.05) is 43.4 Å². The Hall–Kier alpha value is -4.42. The van der Waals surface area contributed by atoms with Gasteiger partial charge in [-0.25, -0.2) is 13.1 Å². The van der Waals surface area contributed by atoms with Crippen molar-refractivity contribution in [2.45, 2.75) is 24.8 Å². The van der Waals surface area contributed by atoms with Crippen LogP contribution in [0.15, 0.2) is 71.9 Å². The molecule has 5 aromatic rings. The highest BCUT2D eigenvalue weighted by Crippen LogP contribution is 2.35. The predicted octanol–water partition coefficient (Wildman–Crippen LogP) is 4.25. The molecule has 1 N–H and O–H groups in total. The van der Waals surface area contributed by atoms with Gasteiger partial charge in [-0.2, -0.15) is 19.7 Å². The lowest BCUT2D eigenvalue weighted by Crippen LogP contribution is -2.16. The number of rotatable bonds is 12. The number of anilines is 1. The van der Waals surface area contributed by atoms with Crippen molar-refractivity contribution in [3.8, 4) is 28.4 Å². The summed E-state index contributed by atoms with van der Waals surface area (Å²) in [6.07, 6.45) is 5.66. The molecule has 0 amide bonds. The van der Waals surface area contributed by atoms with Gasteiger partial charge in [0.2, 0.25) is 5.88 Å². The van der Waals surface area contributed by atoms with Gasteiger partial charge in [-0.15, -0.1) is 0 Å². The molecule has 0 spiro atoms. The zero-order valence-corrected chi connectivity index (χ0v) is 25.2. The third kappa shape index (κ3) is 6.39. The summed E-state index contributed by atoms with van der Waals surface area (Å²) in [6, 6.07) is 16.9. The molecule has 0 atom stereocenters. The standard InChI is InChI=1S/C30H35N7O4S/c1-21-29(23-11-12-25(40-4)26(18-23)42(5,38)39)30-33-28(41-16-8-14-35(2)3)19-27(37(30)34-21)31-20-22-9-6-10-24(17-22)36-15-7-13-32-36/h6-7,9-13,15,17-19,31H,8,14,16,20H2,1-5H3. The van der Waals surface area contributed by atoms with Gasteiger partial charge in [-0.05, 0) is 68.9 Å². The molecule has 0 bridgehead atoms. The van der Waals surface area contributed by atoms with E-state index in [2.05, 4.69) is 21.4 Å². The molecule has 220 valence electrons. The Labute approximate surface area is 245 Å². The molecule has 42 heavy (non-hydrogen) atoms. The molecule has 0 aliphatic carbocycles. The highest BCUT2D eigenvalue weighted by Gasteiger charge is 2.21. The molecule has 3 heterocycles. The lowest BCUT2D eigenvalue weighted by atomic mass is 10.1. The van der Waals surface area contributed by atoms with Crippen LogP contribution in [0, 0.1) is 6.92 Å². The summed E-state index contributed by atoms with van der Waals surface area (Å²) < 4.78 is 40.1. The SMILES string of the molecule is COc1ccc(-c2c(C)nn3c(NCc4cccc(-n5cccn5)c4)cc(OCCCN(C)C)nc23)cc1S(C)(=O)=O. The molecule has 0 aliphatic heterocycles. The van der Waals surface area contributed by atoms with Gasteiger partial charge >= 0.3 is 0 Å². The minimum Gasteiger partial charge on any atom is -0.495 e. The van der Waals surface area contributed by atoms with Crippen molar-refractivity contribution in [3.63, 3.8) is 0 Å². The first kappa shape index (κ1) is 29.1. The summed E-state index contributed by atoms with van der Waals surface area (Å²) >= 11 is 0. The molecular formula is C30H35N7O4S. The molecule has 3 aromatic heterocycles. The number of ether oxygens (including phenoxy) is 2. The lowest BCUT2D eigenvalue weighted by Gasteiger charge is -2.14. The van der Waals surface area contributed by atoms with E-state index < -0.39 is 9.84 Å². The molecule has 11 nitrogen and oxygen atoms in total. The van der Waals surface area contributed by atoms with E-state index in [-0.39, 0.29) is 10.6 Å². The Bertz CT molecular complexity index is 1800. The van der Waals surface area contributed by atoms with Crippen LogP contribution in [0.5, 0.6) is 11.6 Å². The zero-order chi connectivity index (χ0) is 29.9. The number of methoxy groups -OCH3 is 1. The largest absolute Gasteiger partial charge is 0.495 e. The minimum absolute atomic E-state index is 0.104. The molecule has 5 rings (SSSR count). The number of nitrogens with zero attached hydrogens (tertiary/aromatic N) is 6. The van der Waals surface area contributed by atoms with Crippen molar-refractivity contribution in [3.05, 3.63) is 78.2 Å². The average Bonchev–Trinajstić information content (AvgIpc) is 3.61. The number of hydrogen-bond acceptors (Lipinski definition) is 9. The van der Waals surface area contributed by atoms with Crippen molar-refractivity contribution in [1.29, 1.82) is 0 Å². The Morgan fingerprint density at radius 1 is 1.07 bits per heavy atom. The smallest absolute Gasteiger partial charge is 0.219 e. The summed E-state index contributed by atoms with van der Waals surface area (Å²) in [7, 11) is 1.96. The van der Waals surface area contributed by atoms with E-state index in [1.165, 1.54) is 13.4 Å². The Morgan fingerprint density at radius 3 is 2.62 bits per heavy atom. The molecule has 0 radical (unpaired) electrons. The van der Waals surface area contributed by atoms with Crippen LogP contribution in [0.2, 0.25) is 0 Å². The molecule has 0 unspecified atom stereocenters. The molecular weight excluding hydrogens is 554 g/mol. The number of aryl methyl sites for hydroxylation is 1. The number of benzene rings is 2. The van der Waals surface area contributed by atoms with E-state index in [0.29, 0.717) is 47.3 Å². The second kappa shape index (κ2) is 12.2. The number of aromatic nitrogens is 5. The van der Waals surface area contributed by atoms with Crippen molar-refractivity contribution in [2.24, 2.45) is 0 Å². The van der Waals surface area contributed by atoms with E-state index in [9.17, 15) is 8.42 Å². The van der Waals surface area contributed by atoms with Crippen molar-refractivity contribution < 1.29 is 17.9 Å². The predicted molar refractivity (Wildman–Crippen MR) is 162 cm³/mol. The van der Waals surface area contributed by atoms with E-state index in [1.807, 2.05) is 68.3 Å². The van der Waals surface area contributed by atoms with Crippen LogP contribution >= 0.6 is 0 Å². The van der Waals surface area contributed by atoms with Crippen LogP contribution in [-0.2, 0) is 16.4 Å². The number of nitrogens with one attached hydrogen (secondary N) is 1. The number of fused-ring (bicyclic) bond motifs is 1. The van der Waals surface area contributed by atoms with Crippen LogP contribution < -0.4 is 14.8 Å². The Morgan fingerprint density at radius 2 is 1.90 bits per heavy atom. The molecule has 2 aromatic carbocycles. The van der Waals surface area contributed by atoms with Gasteiger partial charge in [0.1, 0.15) is 16.5 Å². The maximum Gasteiger partial charge on any atom is 0.219 e. The quantitative estimate of drug-likeness (QED) is 0.213. The molecule has 0 saturated heterocycles. The van der Waals surface area contributed by atoms with Crippen LogP contribution in [-0.4, -0.2) is 78.3 Å². The molecule has 12 heteroatoms. The highest BCUT2D eigenvalue weighted by atomic mass is 32.2. The Kier molecular flexibility index (Phi) is 8.46. The first-order valence-electron chi connectivity index (χ1n) is 13.5. The molecule has 0 saturated carbocycles. The first-order chi connectivity index (χ1) is 20.1. The summed E-state index contributed by atoms with van der Waals surface area (Å²) in [4.78, 5) is 7.03. The topological polar surface area (TPSA) is 116 Å². The highest BCUT2D eigenvalue weighted by molar-refractivity contribution is 7.90. The minimum atomic E-state index is -3.54. The van der Waals surface area contributed by atoms with Crippen LogP contribution in [0.4, 0.5) is 5.82 Å². The second-order valence-electron chi connectivity index (χ2n) is 10.3. The second-order valence-corrected chi connectivity index (χ2v) is 12.3. The lowest BCUT2D eigenvalue weighted by molar-refractivity contribution is 0.273. The van der Waals surface area contributed by atoms with Crippen molar-refractivity contribution >= 4 is 21.3 Å². The maximum absolute atomic E-state index is 12.5. The van der Waals surface area contributed by atoms with Crippen LogP contribution in [0.25, 0.3) is 22.5 Å².